The Labute approximate surface area is 87.4 Å². The van der Waals surface area contributed by atoms with E-state index in [-0.39, 0.29) is 5.56 Å². The van der Waals surface area contributed by atoms with Crippen LogP contribution in [-0.2, 0) is 11.3 Å². The van der Waals surface area contributed by atoms with Crippen LogP contribution in [0.1, 0.15) is 6.92 Å². The van der Waals surface area contributed by atoms with Crippen LogP contribution in [0.5, 0.6) is 0 Å². The molecule has 82 valence electrons. The molecule has 5 nitrogen and oxygen atoms in total. The molecule has 1 atom stereocenters. The van der Waals surface area contributed by atoms with E-state index in [4.69, 9.17) is 5.11 Å². The summed E-state index contributed by atoms with van der Waals surface area (Å²) in [4.78, 5) is 21.7. The van der Waals surface area contributed by atoms with Crippen molar-refractivity contribution in [2.24, 2.45) is 0 Å². The maximum Gasteiger partial charge on any atom is 0.320 e. The van der Waals surface area contributed by atoms with Gasteiger partial charge in [0.15, 0.2) is 0 Å². The molecule has 0 amide bonds. The Morgan fingerprint density at radius 1 is 1.60 bits per heavy atom. The summed E-state index contributed by atoms with van der Waals surface area (Å²) in [5, 5.41) is 11.4. The van der Waals surface area contributed by atoms with Crippen molar-refractivity contribution in [3.05, 3.63) is 34.7 Å². The quantitative estimate of drug-likeness (QED) is 0.712. The van der Waals surface area contributed by atoms with Gasteiger partial charge in [-0.05, 0) is 13.0 Å². The summed E-state index contributed by atoms with van der Waals surface area (Å²) in [6.45, 7) is 2.49. The van der Waals surface area contributed by atoms with Gasteiger partial charge in [-0.25, -0.2) is 0 Å². The van der Waals surface area contributed by atoms with Crippen LogP contribution in [0.2, 0.25) is 0 Å². The Morgan fingerprint density at radius 2 is 2.33 bits per heavy atom. The second kappa shape index (κ2) is 5.31. The summed E-state index contributed by atoms with van der Waals surface area (Å²) in [5.74, 6) is -0.893. The number of hydrogen-bond donors (Lipinski definition) is 2. The Hall–Kier alpha value is -1.62. The van der Waals surface area contributed by atoms with E-state index in [0.717, 1.165) is 0 Å². The van der Waals surface area contributed by atoms with Crippen molar-refractivity contribution < 1.29 is 9.90 Å². The predicted molar refractivity (Wildman–Crippen MR) is 55.8 cm³/mol. The molecule has 0 aromatic carbocycles. The molecule has 0 bridgehead atoms. The maximum atomic E-state index is 11.2. The van der Waals surface area contributed by atoms with Crippen LogP contribution in [0.3, 0.4) is 0 Å². The molecule has 15 heavy (non-hydrogen) atoms. The molecule has 0 aliphatic carbocycles. The normalized spacial score (nSPS) is 12.3. The number of pyridine rings is 1. The molecular weight excluding hydrogens is 196 g/mol. The van der Waals surface area contributed by atoms with E-state index in [1.54, 1.807) is 25.3 Å². The first kappa shape index (κ1) is 11.5. The van der Waals surface area contributed by atoms with Crippen LogP contribution in [0.15, 0.2) is 29.2 Å². The molecule has 2 N–H and O–H groups in total. The number of nitrogens with one attached hydrogen (secondary N) is 1. The SMILES string of the molecule is C[C@H](NCCn1ccccc1=O)C(=O)O. The lowest BCUT2D eigenvalue weighted by Gasteiger charge is -2.09. The molecule has 1 aromatic heterocycles. The second-order valence-electron chi connectivity index (χ2n) is 3.25. The van der Waals surface area contributed by atoms with Gasteiger partial charge in [0.05, 0.1) is 0 Å². The van der Waals surface area contributed by atoms with E-state index in [9.17, 15) is 9.59 Å². The van der Waals surface area contributed by atoms with Gasteiger partial charge in [0, 0.05) is 25.4 Å². The van der Waals surface area contributed by atoms with Crippen molar-refractivity contribution in [3.8, 4) is 0 Å². The number of aliphatic carboxylic acids is 1. The monoisotopic (exact) mass is 210 g/mol. The van der Waals surface area contributed by atoms with Crippen molar-refractivity contribution in [2.45, 2.75) is 19.5 Å². The average Bonchev–Trinajstić information content (AvgIpc) is 2.20. The van der Waals surface area contributed by atoms with E-state index in [2.05, 4.69) is 5.32 Å². The van der Waals surface area contributed by atoms with Gasteiger partial charge in [-0.15, -0.1) is 0 Å². The van der Waals surface area contributed by atoms with Crippen LogP contribution >= 0.6 is 0 Å². The number of carboxylic acids is 1. The Morgan fingerprint density at radius 3 is 2.93 bits per heavy atom. The minimum atomic E-state index is -0.893. The fourth-order valence-electron chi connectivity index (χ4n) is 1.13. The smallest absolute Gasteiger partial charge is 0.320 e. The molecule has 5 heteroatoms. The highest BCUT2D eigenvalue weighted by atomic mass is 16.4. The summed E-state index contributed by atoms with van der Waals surface area (Å²) in [6, 6.07) is 4.32. The molecule has 1 heterocycles. The fraction of sp³-hybridized carbons (Fsp3) is 0.400. The number of rotatable bonds is 5. The van der Waals surface area contributed by atoms with Crippen molar-refractivity contribution >= 4 is 5.97 Å². The van der Waals surface area contributed by atoms with E-state index in [1.165, 1.54) is 10.6 Å². The lowest BCUT2D eigenvalue weighted by Crippen LogP contribution is -2.36. The molecule has 0 aliphatic rings. The molecule has 0 aliphatic heterocycles. The second-order valence-corrected chi connectivity index (χ2v) is 3.25. The molecule has 0 saturated carbocycles. The third-order valence-corrected chi connectivity index (χ3v) is 2.07. The zero-order valence-corrected chi connectivity index (χ0v) is 8.51. The number of hydrogen-bond acceptors (Lipinski definition) is 3. The number of aromatic nitrogens is 1. The van der Waals surface area contributed by atoms with Crippen molar-refractivity contribution in [2.75, 3.05) is 6.54 Å². The van der Waals surface area contributed by atoms with Crippen molar-refractivity contribution in [1.29, 1.82) is 0 Å². The third kappa shape index (κ3) is 3.55. The Bertz CT molecular complexity index is 386. The average molecular weight is 210 g/mol. The lowest BCUT2D eigenvalue weighted by atomic mass is 10.3. The number of carboxylic acid groups (broad SMARTS) is 1. The highest BCUT2D eigenvalue weighted by molar-refractivity contribution is 5.72. The molecular formula is C10H14N2O3. The third-order valence-electron chi connectivity index (χ3n) is 2.07. The fourth-order valence-corrected chi connectivity index (χ4v) is 1.13. The number of nitrogens with zero attached hydrogens (tertiary/aromatic N) is 1. The summed E-state index contributed by atoms with van der Waals surface area (Å²) in [7, 11) is 0. The molecule has 0 unspecified atom stereocenters. The van der Waals surface area contributed by atoms with Gasteiger partial charge in [-0.2, -0.15) is 0 Å². The summed E-state index contributed by atoms with van der Waals surface area (Å²) >= 11 is 0. The predicted octanol–water partition coefficient (Wildman–Crippen LogP) is -0.0890. The van der Waals surface area contributed by atoms with E-state index < -0.39 is 12.0 Å². The zero-order valence-electron chi connectivity index (χ0n) is 8.51. The summed E-state index contributed by atoms with van der Waals surface area (Å²) in [5.41, 5.74) is -0.0812. The van der Waals surface area contributed by atoms with E-state index in [1.807, 2.05) is 0 Å². The summed E-state index contributed by atoms with van der Waals surface area (Å²) in [6.07, 6.45) is 1.68. The standard InChI is InChI=1S/C10H14N2O3/c1-8(10(14)15)11-5-7-12-6-3-2-4-9(12)13/h2-4,6,8,11H,5,7H2,1H3,(H,14,15)/t8-/m0/s1. The van der Waals surface area contributed by atoms with Crippen LogP contribution < -0.4 is 10.9 Å². The largest absolute Gasteiger partial charge is 0.480 e. The van der Waals surface area contributed by atoms with Crippen LogP contribution in [0.25, 0.3) is 0 Å². The first-order chi connectivity index (χ1) is 7.11. The van der Waals surface area contributed by atoms with Gasteiger partial charge in [0.2, 0.25) is 0 Å². The van der Waals surface area contributed by atoms with Crippen LogP contribution in [0.4, 0.5) is 0 Å². The molecule has 0 radical (unpaired) electrons. The summed E-state index contributed by atoms with van der Waals surface area (Å²) < 4.78 is 1.53. The topological polar surface area (TPSA) is 71.3 Å². The van der Waals surface area contributed by atoms with Crippen molar-refractivity contribution in [1.82, 2.24) is 9.88 Å². The van der Waals surface area contributed by atoms with Gasteiger partial charge in [0.25, 0.3) is 5.56 Å². The Kier molecular flexibility index (Phi) is 4.05. The highest BCUT2D eigenvalue weighted by Gasteiger charge is 2.08. The zero-order chi connectivity index (χ0) is 11.3. The molecule has 1 aromatic rings. The molecule has 0 fully saturated rings. The molecule has 0 spiro atoms. The maximum absolute atomic E-state index is 11.2. The van der Waals surface area contributed by atoms with Gasteiger partial charge in [-0.3, -0.25) is 9.59 Å². The van der Waals surface area contributed by atoms with Gasteiger partial charge < -0.3 is 15.0 Å². The molecule has 0 saturated heterocycles. The minimum Gasteiger partial charge on any atom is -0.480 e. The first-order valence-electron chi connectivity index (χ1n) is 4.73. The van der Waals surface area contributed by atoms with Gasteiger partial charge in [0.1, 0.15) is 6.04 Å². The van der Waals surface area contributed by atoms with Crippen LogP contribution in [0, 0.1) is 0 Å². The Balaban J connectivity index is 2.42. The first-order valence-corrected chi connectivity index (χ1v) is 4.73. The van der Waals surface area contributed by atoms with Gasteiger partial charge in [-0.1, -0.05) is 6.07 Å². The minimum absolute atomic E-state index is 0.0812. The molecule has 1 rings (SSSR count). The van der Waals surface area contributed by atoms with Crippen LogP contribution in [-0.4, -0.2) is 28.2 Å². The van der Waals surface area contributed by atoms with E-state index in [0.29, 0.717) is 13.1 Å². The number of carbonyl (C=O) groups is 1. The van der Waals surface area contributed by atoms with E-state index >= 15 is 0 Å². The lowest BCUT2D eigenvalue weighted by molar-refractivity contribution is -0.138. The van der Waals surface area contributed by atoms with Crippen molar-refractivity contribution in [3.63, 3.8) is 0 Å². The van der Waals surface area contributed by atoms with Gasteiger partial charge >= 0.3 is 5.97 Å². The highest BCUT2D eigenvalue weighted by Crippen LogP contribution is 1.83.